The summed E-state index contributed by atoms with van der Waals surface area (Å²) in [6.45, 7) is 6.04. The molecule has 110 valence electrons. The highest BCUT2D eigenvalue weighted by atomic mass is 32.2. The summed E-state index contributed by atoms with van der Waals surface area (Å²) in [6, 6.07) is 8.97. The Morgan fingerprint density at radius 3 is 2.95 bits per heavy atom. The molecule has 1 heterocycles. The standard InChI is InChI=1S/C16H24N2OS/c1-11(17-16-8-5-9-20-12(16)2)14-6-4-7-15(10-14)18-13(3)19/h4,6-7,10-12,16-17H,5,8-9H2,1-3H3,(H,18,19). The zero-order chi connectivity index (χ0) is 14.5. The second-order valence-corrected chi connectivity index (χ2v) is 7.00. The van der Waals surface area contributed by atoms with E-state index in [1.165, 1.54) is 31.1 Å². The molecule has 0 radical (unpaired) electrons. The first kappa shape index (κ1) is 15.4. The third kappa shape index (κ3) is 4.25. The lowest BCUT2D eigenvalue weighted by Crippen LogP contribution is -2.40. The molecule has 20 heavy (non-hydrogen) atoms. The second kappa shape index (κ2) is 7.14. The van der Waals surface area contributed by atoms with Crippen LogP contribution in [0.2, 0.25) is 0 Å². The van der Waals surface area contributed by atoms with Crippen LogP contribution in [0.1, 0.15) is 45.2 Å². The van der Waals surface area contributed by atoms with Crippen molar-refractivity contribution in [3.8, 4) is 0 Å². The molecule has 2 N–H and O–H groups in total. The highest BCUT2D eigenvalue weighted by Crippen LogP contribution is 2.27. The minimum atomic E-state index is -0.0277. The van der Waals surface area contributed by atoms with E-state index in [9.17, 15) is 4.79 Å². The van der Waals surface area contributed by atoms with Crippen LogP contribution in [0.3, 0.4) is 0 Å². The van der Waals surface area contributed by atoms with Crippen molar-refractivity contribution in [3.05, 3.63) is 29.8 Å². The first-order valence-corrected chi connectivity index (χ1v) is 8.36. The molecular formula is C16H24N2OS. The number of rotatable bonds is 4. The summed E-state index contributed by atoms with van der Waals surface area (Å²) in [5, 5.41) is 7.24. The average Bonchev–Trinajstić information content (AvgIpc) is 2.41. The van der Waals surface area contributed by atoms with Crippen molar-refractivity contribution in [1.82, 2.24) is 5.32 Å². The maximum atomic E-state index is 11.1. The topological polar surface area (TPSA) is 41.1 Å². The van der Waals surface area contributed by atoms with Crippen molar-refractivity contribution in [2.24, 2.45) is 0 Å². The molecule has 2 rings (SSSR count). The number of nitrogens with one attached hydrogen (secondary N) is 2. The summed E-state index contributed by atoms with van der Waals surface area (Å²) in [6.07, 6.45) is 2.55. The lowest BCUT2D eigenvalue weighted by Gasteiger charge is -2.32. The molecule has 3 atom stereocenters. The van der Waals surface area contributed by atoms with Crippen LogP contribution in [-0.4, -0.2) is 23.0 Å². The highest BCUT2D eigenvalue weighted by molar-refractivity contribution is 7.99. The number of carbonyl (C=O) groups is 1. The van der Waals surface area contributed by atoms with E-state index >= 15 is 0 Å². The summed E-state index contributed by atoms with van der Waals surface area (Å²) >= 11 is 2.06. The van der Waals surface area contributed by atoms with Gasteiger partial charge in [-0.3, -0.25) is 4.79 Å². The Morgan fingerprint density at radius 1 is 1.45 bits per heavy atom. The van der Waals surface area contributed by atoms with Crippen LogP contribution in [0.5, 0.6) is 0 Å². The largest absolute Gasteiger partial charge is 0.326 e. The van der Waals surface area contributed by atoms with Crippen molar-refractivity contribution in [2.45, 2.75) is 50.9 Å². The molecule has 0 bridgehead atoms. The number of amides is 1. The number of hydrogen-bond donors (Lipinski definition) is 2. The predicted molar refractivity (Wildman–Crippen MR) is 87.2 cm³/mol. The van der Waals surface area contributed by atoms with Gasteiger partial charge in [-0.25, -0.2) is 0 Å². The molecule has 3 nitrogen and oxygen atoms in total. The molecule has 1 saturated heterocycles. The van der Waals surface area contributed by atoms with E-state index in [0.29, 0.717) is 17.3 Å². The lowest BCUT2D eigenvalue weighted by atomic mass is 10.0. The van der Waals surface area contributed by atoms with Crippen molar-refractivity contribution in [3.63, 3.8) is 0 Å². The molecular weight excluding hydrogens is 268 g/mol. The summed E-state index contributed by atoms with van der Waals surface area (Å²) in [7, 11) is 0. The van der Waals surface area contributed by atoms with E-state index in [0.717, 1.165) is 5.69 Å². The number of hydrogen-bond acceptors (Lipinski definition) is 3. The van der Waals surface area contributed by atoms with Gasteiger partial charge in [-0.05, 0) is 43.2 Å². The normalized spacial score (nSPS) is 24.1. The first-order chi connectivity index (χ1) is 9.56. The van der Waals surface area contributed by atoms with Crippen LogP contribution in [0, 0.1) is 0 Å². The van der Waals surface area contributed by atoms with Gasteiger partial charge in [-0.1, -0.05) is 19.1 Å². The van der Waals surface area contributed by atoms with Gasteiger partial charge in [0.15, 0.2) is 0 Å². The van der Waals surface area contributed by atoms with Crippen molar-refractivity contribution in [2.75, 3.05) is 11.1 Å². The van der Waals surface area contributed by atoms with E-state index in [1.54, 1.807) is 0 Å². The number of thioether (sulfide) groups is 1. The zero-order valence-electron chi connectivity index (χ0n) is 12.5. The van der Waals surface area contributed by atoms with E-state index < -0.39 is 0 Å². The minimum Gasteiger partial charge on any atom is -0.326 e. The number of anilines is 1. The molecule has 0 aromatic heterocycles. The van der Waals surface area contributed by atoms with Crippen LogP contribution < -0.4 is 10.6 Å². The third-order valence-electron chi connectivity index (χ3n) is 3.78. The van der Waals surface area contributed by atoms with Crippen molar-refractivity contribution in [1.29, 1.82) is 0 Å². The monoisotopic (exact) mass is 292 g/mol. The van der Waals surface area contributed by atoms with Crippen molar-refractivity contribution < 1.29 is 4.79 Å². The average molecular weight is 292 g/mol. The predicted octanol–water partition coefficient (Wildman–Crippen LogP) is 3.58. The van der Waals surface area contributed by atoms with E-state index in [-0.39, 0.29) is 5.91 Å². The first-order valence-electron chi connectivity index (χ1n) is 7.31. The van der Waals surface area contributed by atoms with Crippen molar-refractivity contribution >= 4 is 23.4 Å². The van der Waals surface area contributed by atoms with Crippen LogP contribution in [0.15, 0.2) is 24.3 Å². The molecule has 3 unspecified atom stereocenters. The Morgan fingerprint density at radius 2 is 2.25 bits per heavy atom. The van der Waals surface area contributed by atoms with Gasteiger partial charge in [0.05, 0.1) is 0 Å². The van der Waals surface area contributed by atoms with Gasteiger partial charge in [0.1, 0.15) is 0 Å². The quantitative estimate of drug-likeness (QED) is 0.891. The lowest BCUT2D eigenvalue weighted by molar-refractivity contribution is -0.114. The SMILES string of the molecule is CC(=O)Nc1cccc(C(C)NC2CCCSC2C)c1. The minimum absolute atomic E-state index is 0.0277. The Labute approximate surface area is 125 Å². The number of benzene rings is 1. The Hall–Kier alpha value is -1.00. The second-order valence-electron chi connectivity index (χ2n) is 5.52. The summed E-state index contributed by atoms with van der Waals surface area (Å²) in [5.74, 6) is 1.26. The summed E-state index contributed by atoms with van der Waals surface area (Å²) in [5.41, 5.74) is 2.09. The van der Waals surface area contributed by atoms with Gasteiger partial charge in [-0.15, -0.1) is 0 Å². The molecule has 1 aromatic rings. The van der Waals surface area contributed by atoms with Gasteiger partial charge in [0, 0.05) is 29.9 Å². The van der Waals surface area contributed by atoms with Gasteiger partial charge >= 0.3 is 0 Å². The smallest absolute Gasteiger partial charge is 0.221 e. The fourth-order valence-electron chi connectivity index (χ4n) is 2.65. The molecule has 4 heteroatoms. The molecule has 1 fully saturated rings. The fraction of sp³-hybridized carbons (Fsp3) is 0.562. The van der Waals surface area contributed by atoms with E-state index in [2.05, 4.69) is 48.4 Å². The third-order valence-corrected chi connectivity index (χ3v) is 5.16. The summed E-state index contributed by atoms with van der Waals surface area (Å²) in [4.78, 5) is 11.1. The van der Waals surface area contributed by atoms with Gasteiger partial charge < -0.3 is 10.6 Å². The summed E-state index contributed by atoms with van der Waals surface area (Å²) < 4.78 is 0. The molecule has 0 aliphatic carbocycles. The van der Waals surface area contributed by atoms with Gasteiger partial charge in [0.2, 0.25) is 5.91 Å². The zero-order valence-corrected chi connectivity index (χ0v) is 13.3. The van der Waals surface area contributed by atoms with Crippen LogP contribution in [0.4, 0.5) is 5.69 Å². The molecule has 0 saturated carbocycles. The Bertz CT molecular complexity index is 464. The molecule has 1 aromatic carbocycles. The molecule has 1 amide bonds. The maximum absolute atomic E-state index is 11.1. The molecule has 0 spiro atoms. The van der Waals surface area contributed by atoms with Crippen LogP contribution in [-0.2, 0) is 4.79 Å². The van der Waals surface area contributed by atoms with E-state index in [1.807, 2.05) is 12.1 Å². The highest BCUT2D eigenvalue weighted by Gasteiger charge is 2.23. The Kier molecular flexibility index (Phi) is 5.49. The van der Waals surface area contributed by atoms with E-state index in [4.69, 9.17) is 0 Å². The van der Waals surface area contributed by atoms with Gasteiger partial charge in [0.25, 0.3) is 0 Å². The number of carbonyl (C=O) groups excluding carboxylic acids is 1. The molecule has 1 aliphatic rings. The maximum Gasteiger partial charge on any atom is 0.221 e. The van der Waals surface area contributed by atoms with Crippen LogP contribution >= 0.6 is 11.8 Å². The van der Waals surface area contributed by atoms with Crippen LogP contribution in [0.25, 0.3) is 0 Å². The molecule has 1 aliphatic heterocycles. The van der Waals surface area contributed by atoms with Gasteiger partial charge in [-0.2, -0.15) is 11.8 Å². The fourth-order valence-corrected chi connectivity index (χ4v) is 3.80. The Balaban J connectivity index is 2.01.